The lowest BCUT2D eigenvalue weighted by Crippen LogP contribution is -2.78. The van der Waals surface area contributed by atoms with E-state index in [9.17, 15) is 19.8 Å². The Hall–Kier alpha value is -4.50. The number of benzene rings is 1. The smallest absolute Gasteiger partial charge is 0.291 e. The number of nitrogens with two attached hydrogens (primary N) is 2. The molecule has 0 saturated carbocycles. The number of fused-ring (bicyclic) bond motifs is 1. The third-order valence-corrected chi connectivity index (χ3v) is 8.63. The predicted octanol–water partition coefficient (Wildman–Crippen LogP) is -1.92. The monoisotopic (exact) mass is 578 g/mol. The van der Waals surface area contributed by atoms with Crippen molar-refractivity contribution in [1.82, 2.24) is 30.4 Å². The van der Waals surface area contributed by atoms with Crippen LogP contribution in [0.3, 0.4) is 0 Å². The highest BCUT2D eigenvalue weighted by molar-refractivity contribution is 5.98. The maximum atomic E-state index is 13.6. The van der Waals surface area contributed by atoms with Gasteiger partial charge in [-0.2, -0.15) is 0 Å². The van der Waals surface area contributed by atoms with E-state index in [1.807, 2.05) is 6.07 Å². The molecule has 4 aliphatic rings. The van der Waals surface area contributed by atoms with E-state index < -0.39 is 41.4 Å². The molecule has 1 spiro atoms. The van der Waals surface area contributed by atoms with Crippen molar-refractivity contribution >= 4 is 23.7 Å². The van der Waals surface area contributed by atoms with Crippen molar-refractivity contribution in [2.45, 2.75) is 55.3 Å². The standard InChI is InChI=1S/C27H34N10O5/c1-25(2)8-11-42-18-14(6-4-7-15(18)25)21(38)33-17-13-37-24(29)32-16(12-36(3)22(39)20-30-9-5-10-31-20)19-26(37,27(17,40)41)35-23(28)34-19/h4-7,9-10,16-17,19,40-41H,8,11-13H2,1-3H3,(H2,29,32)(H,33,38)(H3,28,34,35)/t16-,17?,19-,26-/m0/s1. The van der Waals surface area contributed by atoms with Crippen LogP contribution in [0.4, 0.5) is 0 Å². The predicted molar refractivity (Wildman–Crippen MR) is 150 cm³/mol. The van der Waals surface area contributed by atoms with Crippen LogP contribution >= 0.6 is 0 Å². The lowest BCUT2D eigenvalue weighted by molar-refractivity contribution is -0.230. The van der Waals surface area contributed by atoms with Crippen LogP contribution < -0.4 is 26.8 Å². The molecule has 222 valence electrons. The van der Waals surface area contributed by atoms with Crippen LogP contribution in [0.1, 0.15) is 46.8 Å². The van der Waals surface area contributed by atoms with E-state index >= 15 is 0 Å². The molecule has 2 amide bonds. The Bertz CT molecular complexity index is 1500. The van der Waals surface area contributed by atoms with E-state index in [1.54, 1.807) is 25.2 Å². The molecule has 1 unspecified atom stereocenters. The highest BCUT2D eigenvalue weighted by atomic mass is 16.5. The normalized spacial score (nSPS) is 28.2. The van der Waals surface area contributed by atoms with Crippen LogP contribution in [-0.4, -0.2) is 110 Å². The number of aliphatic hydroxyl groups is 2. The molecule has 1 aromatic heterocycles. The fourth-order valence-electron chi connectivity index (χ4n) is 6.36. The van der Waals surface area contributed by atoms with Crippen molar-refractivity contribution in [3.63, 3.8) is 0 Å². The molecule has 42 heavy (non-hydrogen) atoms. The maximum absolute atomic E-state index is 13.6. The molecule has 5 heterocycles. The second kappa shape index (κ2) is 9.52. The van der Waals surface area contributed by atoms with Gasteiger partial charge in [-0.3, -0.25) is 9.59 Å². The van der Waals surface area contributed by atoms with Gasteiger partial charge in [-0.1, -0.05) is 26.0 Å². The van der Waals surface area contributed by atoms with Crippen molar-refractivity contribution in [3.8, 4) is 5.75 Å². The SMILES string of the molecule is CN(C[C@@H]1N=C(N)N2CC(NC(=O)c3cccc4c3OCCC4(C)C)C(O)(O)[C@@]23NC(N)=N[C@@H]13)C(=O)c1ncccn1. The minimum absolute atomic E-state index is 0.00515. The molecule has 4 atom stereocenters. The van der Waals surface area contributed by atoms with Crippen LogP contribution in [0.2, 0.25) is 0 Å². The molecule has 1 fully saturated rings. The summed E-state index contributed by atoms with van der Waals surface area (Å²) in [6, 6.07) is 3.90. The summed E-state index contributed by atoms with van der Waals surface area (Å²) in [6.07, 6.45) is 3.72. The van der Waals surface area contributed by atoms with E-state index in [0.717, 1.165) is 12.0 Å². The summed E-state index contributed by atoms with van der Waals surface area (Å²) in [5, 5.41) is 29.2. The molecule has 8 N–H and O–H groups in total. The number of hydrogen-bond donors (Lipinski definition) is 6. The summed E-state index contributed by atoms with van der Waals surface area (Å²) >= 11 is 0. The zero-order chi connectivity index (χ0) is 30.0. The van der Waals surface area contributed by atoms with E-state index in [0.29, 0.717) is 12.4 Å². The van der Waals surface area contributed by atoms with Gasteiger partial charge in [0.2, 0.25) is 11.6 Å². The molecule has 2 aromatic rings. The van der Waals surface area contributed by atoms with Gasteiger partial charge in [0.05, 0.1) is 18.2 Å². The molecule has 1 saturated heterocycles. The number of para-hydroxylation sites is 1. The van der Waals surface area contributed by atoms with Gasteiger partial charge in [0.25, 0.3) is 11.8 Å². The highest BCUT2D eigenvalue weighted by Crippen LogP contribution is 2.45. The average molecular weight is 579 g/mol. The molecule has 4 aliphatic heterocycles. The van der Waals surface area contributed by atoms with Gasteiger partial charge in [0, 0.05) is 38.1 Å². The second-order valence-electron chi connectivity index (χ2n) is 11.7. The third-order valence-electron chi connectivity index (χ3n) is 8.63. The average Bonchev–Trinajstić information content (AvgIpc) is 3.42. The lowest BCUT2D eigenvalue weighted by Gasteiger charge is -2.49. The number of aliphatic imine (C=N–C) groups is 2. The molecule has 1 aromatic carbocycles. The van der Waals surface area contributed by atoms with Crippen molar-refractivity contribution < 1.29 is 24.5 Å². The zero-order valence-electron chi connectivity index (χ0n) is 23.5. The van der Waals surface area contributed by atoms with Gasteiger partial charge in [-0.05, 0) is 24.0 Å². The number of ether oxygens (including phenoxy) is 1. The number of guanidine groups is 2. The summed E-state index contributed by atoms with van der Waals surface area (Å²) in [6.45, 7) is 4.51. The number of carbonyl (C=O) groups excluding carboxylic acids is 2. The Morgan fingerprint density at radius 3 is 2.67 bits per heavy atom. The van der Waals surface area contributed by atoms with Crippen molar-refractivity contribution in [2.75, 3.05) is 26.7 Å². The number of amides is 2. The van der Waals surface area contributed by atoms with Gasteiger partial charge in [0.1, 0.15) is 17.8 Å². The number of nitrogens with zero attached hydrogens (tertiary/aromatic N) is 6. The first-order chi connectivity index (χ1) is 19.9. The zero-order valence-corrected chi connectivity index (χ0v) is 23.5. The van der Waals surface area contributed by atoms with E-state index in [2.05, 4.69) is 44.4 Å². The molecule has 0 bridgehead atoms. The van der Waals surface area contributed by atoms with Crippen LogP contribution in [0.15, 0.2) is 46.6 Å². The maximum Gasteiger partial charge on any atom is 0.291 e. The molecular weight excluding hydrogens is 544 g/mol. The molecule has 0 aliphatic carbocycles. The highest BCUT2D eigenvalue weighted by Gasteiger charge is 2.73. The summed E-state index contributed by atoms with van der Waals surface area (Å²) in [5.74, 6) is -3.25. The van der Waals surface area contributed by atoms with Crippen molar-refractivity contribution in [1.29, 1.82) is 0 Å². The van der Waals surface area contributed by atoms with Crippen LogP contribution in [-0.2, 0) is 5.41 Å². The Morgan fingerprint density at radius 2 is 1.93 bits per heavy atom. The van der Waals surface area contributed by atoms with Crippen LogP contribution in [0.5, 0.6) is 5.75 Å². The van der Waals surface area contributed by atoms with Crippen LogP contribution in [0.25, 0.3) is 0 Å². The summed E-state index contributed by atoms with van der Waals surface area (Å²) in [7, 11) is 1.55. The van der Waals surface area contributed by atoms with Gasteiger partial charge < -0.3 is 46.9 Å². The third kappa shape index (κ3) is 4.02. The number of carbonyl (C=O) groups is 2. The first-order valence-corrected chi connectivity index (χ1v) is 13.6. The number of hydrogen-bond acceptors (Lipinski definition) is 13. The molecule has 0 radical (unpaired) electrons. The first-order valence-electron chi connectivity index (χ1n) is 13.6. The van der Waals surface area contributed by atoms with Gasteiger partial charge in [0.15, 0.2) is 17.6 Å². The minimum atomic E-state index is -2.63. The fourth-order valence-corrected chi connectivity index (χ4v) is 6.36. The summed E-state index contributed by atoms with van der Waals surface area (Å²) in [5.41, 5.74) is 11.7. The number of aromatic nitrogens is 2. The molecule has 15 nitrogen and oxygen atoms in total. The van der Waals surface area contributed by atoms with Crippen LogP contribution in [0, 0.1) is 0 Å². The second-order valence-corrected chi connectivity index (χ2v) is 11.7. The Labute approximate surface area is 241 Å². The minimum Gasteiger partial charge on any atom is -0.492 e. The number of nitrogens with one attached hydrogen (secondary N) is 2. The Morgan fingerprint density at radius 1 is 1.19 bits per heavy atom. The van der Waals surface area contributed by atoms with E-state index in [4.69, 9.17) is 16.2 Å². The number of likely N-dealkylation sites (N-methyl/N-ethyl adjacent to an activating group) is 1. The Kier molecular flexibility index (Phi) is 6.27. The molecule has 6 rings (SSSR count). The van der Waals surface area contributed by atoms with Gasteiger partial charge in [-0.25, -0.2) is 20.0 Å². The number of rotatable bonds is 5. The van der Waals surface area contributed by atoms with Gasteiger partial charge in [-0.15, -0.1) is 0 Å². The Balaban J connectivity index is 1.28. The lowest BCUT2D eigenvalue weighted by atomic mass is 9.79. The first kappa shape index (κ1) is 27.7. The quantitative estimate of drug-likeness (QED) is 0.215. The van der Waals surface area contributed by atoms with Crippen molar-refractivity contribution in [3.05, 3.63) is 53.6 Å². The molecule has 15 heteroatoms. The largest absolute Gasteiger partial charge is 0.492 e. The fraction of sp³-hybridized carbons (Fsp3) is 0.481. The van der Waals surface area contributed by atoms with Crippen molar-refractivity contribution in [2.24, 2.45) is 21.5 Å². The topological polar surface area (TPSA) is 217 Å². The molecular formula is C27H34N10O5. The van der Waals surface area contributed by atoms with Gasteiger partial charge >= 0.3 is 0 Å². The van der Waals surface area contributed by atoms with E-state index in [1.165, 1.54) is 22.2 Å². The summed E-state index contributed by atoms with van der Waals surface area (Å²) < 4.78 is 5.90. The summed E-state index contributed by atoms with van der Waals surface area (Å²) in [4.78, 5) is 46.3. The van der Waals surface area contributed by atoms with E-state index in [-0.39, 0.29) is 41.8 Å².